The van der Waals surface area contributed by atoms with Crippen LogP contribution in [0.25, 0.3) is 6.08 Å². The van der Waals surface area contributed by atoms with E-state index >= 15 is 0 Å². The van der Waals surface area contributed by atoms with E-state index in [1.165, 1.54) is 20.3 Å². The van der Waals surface area contributed by atoms with Crippen molar-refractivity contribution in [2.45, 2.75) is 26.7 Å². The minimum Gasteiger partial charge on any atom is -0.493 e. The normalized spacial score (nSPS) is 10.4. The zero-order valence-electron chi connectivity index (χ0n) is 19.5. The van der Waals surface area contributed by atoms with E-state index in [4.69, 9.17) is 21.7 Å². The molecule has 180 valence electrons. The summed E-state index contributed by atoms with van der Waals surface area (Å²) in [4.78, 5) is 36.1. The smallest absolute Gasteiger partial charge is 0.250 e. The molecule has 34 heavy (non-hydrogen) atoms. The van der Waals surface area contributed by atoms with Crippen LogP contribution in [-0.2, 0) is 14.4 Å². The lowest BCUT2D eigenvalue weighted by molar-refractivity contribution is -0.124. The Morgan fingerprint density at radius 2 is 1.62 bits per heavy atom. The lowest BCUT2D eigenvalue weighted by Crippen LogP contribution is -2.48. The van der Waals surface area contributed by atoms with Gasteiger partial charge in [-0.2, -0.15) is 0 Å². The number of rotatable bonds is 8. The second-order valence-electron chi connectivity index (χ2n) is 7.31. The minimum absolute atomic E-state index is 0.00594. The Kier molecular flexibility index (Phi) is 10.0. The van der Waals surface area contributed by atoms with Crippen molar-refractivity contribution in [3.05, 3.63) is 59.2 Å². The van der Waals surface area contributed by atoms with E-state index in [9.17, 15) is 14.4 Å². The molecule has 2 aromatic rings. The highest BCUT2D eigenvalue weighted by Crippen LogP contribution is 2.27. The van der Waals surface area contributed by atoms with Crippen molar-refractivity contribution in [2.24, 2.45) is 0 Å². The molecule has 0 aliphatic heterocycles. The van der Waals surface area contributed by atoms with Crippen LogP contribution in [0.3, 0.4) is 0 Å². The summed E-state index contributed by atoms with van der Waals surface area (Å²) in [7, 11) is 3.06. The number of ether oxygens (including phenoxy) is 2. The molecule has 0 heterocycles. The van der Waals surface area contributed by atoms with E-state index in [1.54, 1.807) is 24.3 Å². The first-order valence-electron chi connectivity index (χ1n) is 10.4. The van der Waals surface area contributed by atoms with Crippen LogP contribution in [0.4, 0.5) is 5.69 Å². The van der Waals surface area contributed by atoms with Crippen molar-refractivity contribution in [3.63, 3.8) is 0 Å². The summed E-state index contributed by atoms with van der Waals surface area (Å²) in [6.07, 6.45) is 2.80. The Bertz CT molecular complexity index is 1100. The maximum absolute atomic E-state index is 12.1. The second kappa shape index (κ2) is 12.9. The Balaban J connectivity index is 1.72. The molecule has 0 aromatic heterocycles. The van der Waals surface area contributed by atoms with Crippen molar-refractivity contribution in [2.75, 3.05) is 19.5 Å². The number of thiocarbonyl (C=S) groups is 1. The molecule has 9 nitrogen and oxygen atoms in total. The van der Waals surface area contributed by atoms with Gasteiger partial charge in [-0.3, -0.25) is 30.6 Å². The number of nitrogens with one attached hydrogen (secondary N) is 4. The number of methoxy groups -OCH3 is 2. The molecule has 0 saturated heterocycles. The Hall–Kier alpha value is -3.92. The summed E-state index contributed by atoms with van der Waals surface area (Å²) < 4.78 is 10.4. The van der Waals surface area contributed by atoms with Crippen LogP contribution in [0.15, 0.2) is 42.5 Å². The number of hydrogen-bond donors (Lipinski definition) is 4. The van der Waals surface area contributed by atoms with Gasteiger partial charge >= 0.3 is 0 Å². The maximum Gasteiger partial charge on any atom is 0.250 e. The number of carbonyl (C=O) groups is 3. The molecule has 2 aromatic carbocycles. The van der Waals surface area contributed by atoms with Crippen LogP contribution in [0, 0.1) is 13.8 Å². The fraction of sp³-hybridized carbons (Fsp3) is 0.250. The predicted octanol–water partition coefficient (Wildman–Crippen LogP) is 2.77. The topological polar surface area (TPSA) is 118 Å². The third-order valence-electron chi connectivity index (χ3n) is 4.62. The van der Waals surface area contributed by atoms with Gasteiger partial charge in [0.15, 0.2) is 16.6 Å². The zero-order valence-corrected chi connectivity index (χ0v) is 20.3. The van der Waals surface area contributed by atoms with Gasteiger partial charge in [-0.05, 0) is 61.5 Å². The number of hydrogen-bond acceptors (Lipinski definition) is 6. The van der Waals surface area contributed by atoms with Gasteiger partial charge < -0.3 is 14.8 Å². The SMILES string of the molecule is COc1ccc(/C=C/C(=O)NC(=S)NNC(=O)CCC(=O)Nc2ccc(C)cc2C)cc1OC. The zero-order chi connectivity index (χ0) is 25.1. The molecule has 0 radical (unpaired) electrons. The van der Waals surface area contributed by atoms with Crippen LogP contribution in [0.2, 0.25) is 0 Å². The van der Waals surface area contributed by atoms with Crippen LogP contribution >= 0.6 is 12.2 Å². The molecular formula is C24H28N4O5S. The standard InChI is InChI=1S/C24H28N4O5S/c1-15-5-8-18(16(2)13-15)25-21(29)11-12-23(31)27-28-24(34)26-22(30)10-7-17-6-9-19(32-3)20(14-17)33-4/h5-10,13-14H,11-12H2,1-4H3,(H,25,29)(H,27,31)(H2,26,28,30,34)/b10-7+. The summed E-state index contributed by atoms with van der Waals surface area (Å²) in [5.41, 5.74) is 8.25. The van der Waals surface area contributed by atoms with Gasteiger partial charge in [-0.25, -0.2) is 0 Å². The first-order valence-corrected chi connectivity index (χ1v) is 10.8. The molecule has 0 unspecified atom stereocenters. The summed E-state index contributed by atoms with van der Waals surface area (Å²) in [6, 6.07) is 10.9. The van der Waals surface area contributed by atoms with Crippen molar-refractivity contribution >= 4 is 46.8 Å². The second-order valence-corrected chi connectivity index (χ2v) is 7.71. The van der Waals surface area contributed by atoms with Crippen molar-refractivity contribution in [3.8, 4) is 11.5 Å². The Morgan fingerprint density at radius 3 is 2.29 bits per heavy atom. The third-order valence-corrected chi connectivity index (χ3v) is 4.83. The van der Waals surface area contributed by atoms with Gasteiger partial charge in [0.2, 0.25) is 17.7 Å². The molecule has 0 bridgehead atoms. The summed E-state index contributed by atoms with van der Waals surface area (Å²) in [6.45, 7) is 3.87. The molecule has 3 amide bonds. The lowest BCUT2D eigenvalue weighted by Gasteiger charge is -2.11. The monoisotopic (exact) mass is 484 g/mol. The largest absolute Gasteiger partial charge is 0.493 e. The van der Waals surface area contributed by atoms with Gasteiger partial charge in [-0.15, -0.1) is 0 Å². The highest BCUT2D eigenvalue weighted by Gasteiger charge is 2.10. The average Bonchev–Trinajstić information content (AvgIpc) is 2.81. The maximum atomic E-state index is 12.1. The molecule has 0 aliphatic rings. The molecular weight excluding hydrogens is 456 g/mol. The number of carbonyl (C=O) groups excluding carboxylic acids is 3. The molecule has 0 spiro atoms. The van der Waals surface area contributed by atoms with Crippen molar-refractivity contribution in [1.82, 2.24) is 16.2 Å². The quantitative estimate of drug-likeness (QED) is 0.259. The summed E-state index contributed by atoms with van der Waals surface area (Å²) in [5.74, 6) is -0.110. The van der Waals surface area contributed by atoms with E-state index in [-0.39, 0.29) is 23.9 Å². The average molecular weight is 485 g/mol. The van der Waals surface area contributed by atoms with Gasteiger partial charge in [0, 0.05) is 24.6 Å². The van der Waals surface area contributed by atoms with Crippen LogP contribution in [0.1, 0.15) is 29.5 Å². The first-order chi connectivity index (χ1) is 16.2. The molecule has 4 N–H and O–H groups in total. The molecule has 0 saturated carbocycles. The molecule has 10 heteroatoms. The molecule has 0 atom stereocenters. The summed E-state index contributed by atoms with van der Waals surface area (Å²) in [5, 5.41) is 5.10. The van der Waals surface area contributed by atoms with E-state index in [2.05, 4.69) is 21.5 Å². The molecule has 0 aliphatic carbocycles. The number of anilines is 1. The third kappa shape index (κ3) is 8.55. The number of aryl methyl sites for hydroxylation is 2. The summed E-state index contributed by atoms with van der Waals surface area (Å²) >= 11 is 4.99. The minimum atomic E-state index is -0.491. The van der Waals surface area contributed by atoms with Gasteiger partial charge in [0.25, 0.3) is 0 Å². The van der Waals surface area contributed by atoms with E-state index < -0.39 is 11.8 Å². The van der Waals surface area contributed by atoms with Crippen LogP contribution in [0.5, 0.6) is 11.5 Å². The van der Waals surface area contributed by atoms with Gasteiger partial charge in [0.1, 0.15) is 0 Å². The highest BCUT2D eigenvalue weighted by atomic mass is 32.1. The highest BCUT2D eigenvalue weighted by molar-refractivity contribution is 7.80. The van der Waals surface area contributed by atoms with Crippen molar-refractivity contribution in [1.29, 1.82) is 0 Å². The number of hydrazine groups is 1. The Morgan fingerprint density at radius 1 is 0.912 bits per heavy atom. The van der Waals surface area contributed by atoms with Crippen LogP contribution in [-0.4, -0.2) is 37.1 Å². The van der Waals surface area contributed by atoms with Crippen LogP contribution < -0.4 is 31.0 Å². The van der Waals surface area contributed by atoms with E-state index in [1.807, 2.05) is 32.0 Å². The molecule has 0 fully saturated rings. The molecule has 2 rings (SSSR count). The Labute approximate surface area is 203 Å². The predicted molar refractivity (Wildman–Crippen MR) is 134 cm³/mol. The van der Waals surface area contributed by atoms with Gasteiger partial charge in [0.05, 0.1) is 14.2 Å². The fourth-order valence-electron chi connectivity index (χ4n) is 2.90. The number of benzene rings is 2. The van der Waals surface area contributed by atoms with E-state index in [0.717, 1.165) is 16.7 Å². The van der Waals surface area contributed by atoms with E-state index in [0.29, 0.717) is 17.2 Å². The van der Waals surface area contributed by atoms with Crippen molar-refractivity contribution < 1.29 is 23.9 Å². The number of amides is 3. The first kappa shape index (κ1) is 26.3. The fourth-order valence-corrected chi connectivity index (χ4v) is 3.05. The van der Waals surface area contributed by atoms with Gasteiger partial charge in [-0.1, -0.05) is 23.8 Å². The lowest BCUT2D eigenvalue weighted by atomic mass is 10.1.